The molecule has 6 nitrogen and oxygen atoms in total. The van der Waals surface area contributed by atoms with Crippen molar-refractivity contribution in [3.05, 3.63) is 11.0 Å². The van der Waals surface area contributed by atoms with E-state index in [1.165, 1.54) is 22.7 Å². The summed E-state index contributed by atoms with van der Waals surface area (Å²) < 4.78 is 0. The summed E-state index contributed by atoms with van der Waals surface area (Å²) in [5.41, 5.74) is 3.39. The van der Waals surface area contributed by atoms with Crippen molar-refractivity contribution in [2.45, 2.75) is 19.5 Å². The van der Waals surface area contributed by atoms with E-state index in [4.69, 9.17) is 0 Å². The molecule has 15 heavy (non-hydrogen) atoms. The number of aromatic nitrogens is 4. The standard InChI is InChI=1S/C7H10N6S2/c1-2-5(10-6-12-8-3-14-6)11-7-13-9-4-15-7/h3-5H,2H2,1H3,(H,10,12)(H,11,13). The van der Waals surface area contributed by atoms with E-state index in [1.54, 1.807) is 11.0 Å². The van der Waals surface area contributed by atoms with Gasteiger partial charge < -0.3 is 10.6 Å². The molecule has 0 aromatic carbocycles. The van der Waals surface area contributed by atoms with Gasteiger partial charge in [-0.2, -0.15) is 0 Å². The van der Waals surface area contributed by atoms with E-state index in [1.807, 2.05) is 0 Å². The van der Waals surface area contributed by atoms with Gasteiger partial charge in [-0.15, -0.1) is 20.4 Å². The molecule has 2 heterocycles. The third-order valence-corrected chi connectivity index (χ3v) is 2.97. The molecule has 8 heteroatoms. The molecule has 0 aliphatic rings. The molecule has 80 valence electrons. The van der Waals surface area contributed by atoms with E-state index in [0.717, 1.165) is 16.7 Å². The summed E-state index contributed by atoms with van der Waals surface area (Å²) in [5.74, 6) is 0. The summed E-state index contributed by atoms with van der Waals surface area (Å²) in [7, 11) is 0. The Hall–Kier alpha value is -1.28. The average molecular weight is 242 g/mol. The number of hydrogen-bond acceptors (Lipinski definition) is 8. The Balaban J connectivity index is 1.93. The molecule has 0 aliphatic carbocycles. The van der Waals surface area contributed by atoms with Crippen LogP contribution >= 0.6 is 22.7 Å². The van der Waals surface area contributed by atoms with Crippen LogP contribution in [0.1, 0.15) is 13.3 Å². The van der Waals surface area contributed by atoms with Crippen LogP contribution < -0.4 is 10.6 Å². The average Bonchev–Trinajstić information content (AvgIpc) is 2.89. The quantitative estimate of drug-likeness (QED) is 0.776. The summed E-state index contributed by atoms with van der Waals surface area (Å²) >= 11 is 2.95. The minimum atomic E-state index is 0.103. The first-order chi connectivity index (χ1) is 7.38. The molecule has 0 saturated heterocycles. The summed E-state index contributed by atoms with van der Waals surface area (Å²) in [5, 5.41) is 23.4. The second-order valence-electron chi connectivity index (χ2n) is 2.74. The van der Waals surface area contributed by atoms with Crippen LogP contribution in [0.5, 0.6) is 0 Å². The Kier molecular flexibility index (Phi) is 3.41. The zero-order valence-corrected chi connectivity index (χ0v) is 9.68. The van der Waals surface area contributed by atoms with Gasteiger partial charge in [0.25, 0.3) is 0 Å². The molecular weight excluding hydrogens is 232 g/mol. The van der Waals surface area contributed by atoms with Gasteiger partial charge >= 0.3 is 0 Å². The molecular formula is C7H10N6S2. The Labute approximate surface area is 94.8 Å². The van der Waals surface area contributed by atoms with Crippen molar-refractivity contribution < 1.29 is 0 Å². The Morgan fingerprint density at radius 1 is 1.13 bits per heavy atom. The fraction of sp³-hybridized carbons (Fsp3) is 0.429. The van der Waals surface area contributed by atoms with Gasteiger partial charge in [-0.3, -0.25) is 0 Å². The van der Waals surface area contributed by atoms with Crippen LogP contribution in [0, 0.1) is 0 Å². The predicted molar refractivity (Wildman–Crippen MR) is 61.1 cm³/mol. The lowest BCUT2D eigenvalue weighted by Gasteiger charge is -2.16. The van der Waals surface area contributed by atoms with E-state index in [9.17, 15) is 0 Å². The summed E-state index contributed by atoms with van der Waals surface area (Å²) in [6.07, 6.45) is 1.02. The Morgan fingerprint density at radius 2 is 1.67 bits per heavy atom. The monoisotopic (exact) mass is 242 g/mol. The molecule has 0 saturated carbocycles. The third kappa shape index (κ3) is 2.83. The van der Waals surface area contributed by atoms with Crippen LogP contribution in [0.15, 0.2) is 11.0 Å². The zero-order valence-electron chi connectivity index (χ0n) is 8.04. The van der Waals surface area contributed by atoms with Crippen LogP contribution in [-0.2, 0) is 0 Å². The van der Waals surface area contributed by atoms with Crippen molar-refractivity contribution in [1.82, 2.24) is 20.4 Å². The molecule has 0 fully saturated rings. The molecule has 2 aromatic rings. The summed E-state index contributed by atoms with van der Waals surface area (Å²) in [6, 6.07) is 0. The van der Waals surface area contributed by atoms with Crippen molar-refractivity contribution in [3.63, 3.8) is 0 Å². The first-order valence-electron chi connectivity index (χ1n) is 4.44. The molecule has 0 aliphatic heterocycles. The van der Waals surface area contributed by atoms with Gasteiger partial charge in [0.2, 0.25) is 10.3 Å². The molecule has 0 bridgehead atoms. The van der Waals surface area contributed by atoms with Crippen LogP contribution in [0.25, 0.3) is 0 Å². The second-order valence-corrected chi connectivity index (χ2v) is 4.40. The summed E-state index contributed by atoms with van der Waals surface area (Å²) in [4.78, 5) is 0. The minimum Gasteiger partial charge on any atom is -0.340 e. The predicted octanol–water partition coefficient (Wildman–Crippen LogP) is 1.65. The largest absolute Gasteiger partial charge is 0.340 e. The second kappa shape index (κ2) is 4.99. The molecule has 0 amide bonds. The number of nitrogens with zero attached hydrogens (tertiary/aromatic N) is 4. The fourth-order valence-corrected chi connectivity index (χ4v) is 2.01. The first kappa shape index (κ1) is 10.2. The molecule has 2 rings (SSSR count). The van der Waals surface area contributed by atoms with Crippen LogP contribution in [0.4, 0.5) is 10.3 Å². The Morgan fingerprint density at radius 3 is 2.00 bits per heavy atom. The van der Waals surface area contributed by atoms with Gasteiger partial charge in [-0.25, -0.2) is 0 Å². The van der Waals surface area contributed by atoms with Crippen LogP contribution in [0.2, 0.25) is 0 Å². The van der Waals surface area contributed by atoms with Crippen molar-refractivity contribution in [2.24, 2.45) is 0 Å². The highest BCUT2D eigenvalue weighted by atomic mass is 32.1. The minimum absolute atomic E-state index is 0.103. The van der Waals surface area contributed by atoms with Gasteiger partial charge in [-0.1, -0.05) is 29.6 Å². The maximum Gasteiger partial charge on any atom is 0.207 e. The van der Waals surface area contributed by atoms with Crippen molar-refractivity contribution in [3.8, 4) is 0 Å². The van der Waals surface area contributed by atoms with Crippen LogP contribution in [-0.4, -0.2) is 26.6 Å². The van der Waals surface area contributed by atoms with Crippen LogP contribution in [0.3, 0.4) is 0 Å². The molecule has 0 atom stereocenters. The number of rotatable bonds is 5. The maximum atomic E-state index is 3.92. The Bertz CT molecular complexity index is 336. The molecule has 0 spiro atoms. The lowest BCUT2D eigenvalue weighted by atomic mass is 10.4. The normalized spacial score (nSPS) is 10.5. The van der Waals surface area contributed by atoms with Crippen molar-refractivity contribution in [2.75, 3.05) is 10.6 Å². The SMILES string of the molecule is CCC(Nc1nncs1)Nc1nncs1. The molecule has 0 unspecified atom stereocenters. The van der Waals surface area contributed by atoms with Crippen molar-refractivity contribution in [1.29, 1.82) is 0 Å². The fourth-order valence-electron chi connectivity index (χ4n) is 1.01. The zero-order chi connectivity index (χ0) is 10.5. The van der Waals surface area contributed by atoms with Gasteiger partial charge in [0.05, 0.1) is 0 Å². The van der Waals surface area contributed by atoms with Gasteiger partial charge in [-0.05, 0) is 6.42 Å². The smallest absolute Gasteiger partial charge is 0.207 e. The molecule has 0 radical (unpaired) electrons. The van der Waals surface area contributed by atoms with E-state index < -0.39 is 0 Å². The number of hydrogen-bond donors (Lipinski definition) is 2. The highest BCUT2D eigenvalue weighted by Crippen LogP contribution is 2.14. The van der Waals surface area contributed by atoms with Gasteiger partial charge in [0.15, 0.2) is 0 Å². The third-order valence-electron chi connectivity index (χ3n) is 1.72. The topological polar surface area (TPSA) is 75.6 Å². The van der Waals surface area contributed by atoms with E-state index in [0.29, 0.717) is 0 Å². The van der Waals surface area contributed by atoms with E-state index in [2.05, 4.69) is 38.0 Å². The number of anilines is 2. The maximum absolute atomic E-state index is 3.92. The highest BCUT2D eigenvalue weighted by Gasteiger charge is 2.08. The molecule has 2 aromatic heterocycles. The van der Waals surface area contributed by atoms with E-state index in [-0.39, 0.29) is 6.17 Å². The number of nitrogens with one attached hydrogen (secondary N) is 2. The lowest BCUT2D eigenvalue weighted by molar-refractivity contribution is 0.770. The molecule has 2 N–H and O–H groups in total. The van der Waals surface area contributed by atoms with Gasteiger partial charge in [0.1, 0.15) is 17.2 Å². The first-order valence-corrected chi connectivity index (χ1v) is 6.20. The lowest BCUT2D eigenvalue weighted by Crippen LogP contribution is -2.27. The highest BCUT2D eigenvalue weighted by molar-refractivity contribution is 7.13. The van der Waals surface area contributed by atoms with E-state index >= 15 is 0 Å². The summed E-state index contributed by atoms with van der Waals surface area (Å²) in [6.45, 7) is 2.08. The van der Waals surface area contributed by atoms with Gasteiger partial charge in [0, 0.05) is 0 Å². The van der Waals surface area contributed by atoms with Crippen molar-refractivity contribution >= 4 is 32.9 Å².